The largest absolute Gasteiger partial charge is 0.386 e. The van der Waals surface area contributed by atoms with Crippen molar-refractivity contribution in [2.45, 2.75) is 26.9 Å². The van der Waals surface area contributed by atoms with Crippen molar-refractivity contribution in [3.8, 4) is 0 Å². The number of thiazole rings is 1. The van der Waals surface area contributed by atoms with Crippen LogP contribution in [0.2, 0.25) is 0 Å². The van der Waals surface area contributed by atoms with Crippen molar-refractivity contribution < 1.29 is 9.90 Å². The van der Waals surface area contributed by atoms with Crippen molar-refractivity contribution in [2.24, 2.45) is 0 Å². The molecule has 0 radical (unpaired) electrons. The summed E-state index contributed by atoms with van der Waals surface area (Å²) in [5.74, 6) is -0.144. The number of carbonyl (C=O) groups is 1. The standard InChI is InChI=1S/C20H20N2O2S/c1-4-5-14-6-8-16(12(2)10-14)19(24)21-15-7-9-18-17(11-15)22-20(25-18)13(3)23/h4-11,13,23H,1-3H3,(H,21,24)/b5-4+. The highest BCUT2D eigenvalue weighted by Crippen LogP contribution is 2.28. The molecule has 3 aromatic rings. The number of aryl methyl sites for hydroxylation is 1. The number of rotatable bonds is 4. The lowest BCUT2D eigenvalue weighted by Crippen LogP contribution is -2.13. The molecule has 0 bridgehead atoms. The van der Waals surface area contributed by atoms with E-state index in [2.05, 4.69) is 10.3 Å². The Morgan fingerprint density at radius 3 is 2.76 bits per heavy atom. The van der Waals surface area contributed by atoms with Crippen molar-refractivity contribution in [2.75, 3.05) is 5.32 Å². The van der Waals surface area contributed by atoms with Gasteiger partial charge < -0.3 is 10.4 Å². The summed E-state index contributed by atoms with van der Waals surface area (Å²) in [6.45, 7) is 5.59. The Labute approximate surface area is 150 Å². The summed E-state index contributed by atoms with van der Waals surface area (Å²) >= 11 is 1.46. The van der Waals surface area contributed by atoms with Crippen LogP contribution in [0.25, 0.3) is 16.3 Å². The highest BCUT2D eigenvalue weighted by Gasteiger charge is 2.12. The molecule has 5 heteroatoms. The SMILES string of the molecule is C/C=C/c1ccc(C(=O)Nc2ccc3sc(C(C)O)nc3c2)c(C)c1. The van der Waals surface area contributed by atoms with Crippen LogP contribution in [0.1, 0.15) is 46.4 Å². The van der Waals surface area contributed by atoms with E-state index in [4.69, 9.17) is 0 Å². The van der Waals surface area contributed by atoms with Gasteiger partial charge in [0.2, 0.25) is 0 Å². The molecule has 1 heterocycles. The van der Waals surface area contributed by atoms with Crippen LogP contribution in [-0.2, 0) is 0 Å². The van der Waals surface area contributed by atoms with Crippen molar-refractivity contribution >= 4 is 39.2 Å². The number of anilines is 1. The third-order valence-corrected chi connectivity index (χ3v) is 5.08. The Morgan fingerprint density at radius 2 is 2.08 bits per heavy atom. The first-order chi connectivity index (χ1) is 12.0. The zero-order valence-corrected chi connectivity index (χ0v) is 15.2. The first kappa shape index (κ1) is 17.3. The number of hydrogen-bond donors (Lipinski definition) is 2. The summed E-state index contributed by atoms with van der Waals surface area (Å²) in [6.07, 6.45) is 3.39. The summed E-state index contributed by atoms with van der Waals surface area (Å²) in [5, 5.41) is 13.3. The summed E-state index contributed by atoms with van der Waals surface area (Å²) in [6, 6.07) is 11.4. The topological polar surface area (TPSA) is 62.2 Å². The maximum absolute atomic E-state index is 12.6. The number of benzene rings is 2. The minimum atomic E-state index is -0.589. The molecule has 3 rings (SSSR count). The first-order valence-corrected chi connectivity index (χ1v) is 8.93. The lowest BCUT2D eigenvalue weighted by Gasteiger charge is -2.08. The van der Waals surface area contributed by atoms with E-state index in [1.54, 1.807) is 6.92 Å². The highest BCUT2D eigenvalue weighted by atomic mass is 32.1. The molecule has 128 valence electrons. The zero-order chi connectivity index (χ0) is 18.0. The number of nitrogens with zero attached hydrogens (tertiary/aromatic N) is 1. The minimum Gasteiger partial charge on any atom is -0.386 e. The van der Waals surface area contributed by atoms with E-state index in [1.807, 2.05) is 62.4 Å². The maximum Gasteiger partial charge on any atom is 0.255 e. The summed E-state index contributed by atoms with van der Waals surface area (Å²) in [4.78, 5) is 17.0. The zero-order valence-electron chi connectivity index (χ0n) is 14.4. The number of aliphatic hydroxyl groups excluding tert-OH is 1. The number of carbonyl (C=O) groups excluding carboxylic acids is 1. The lowest BCUT2D eigenvalue weighted by atomic mass is 10.0. The van der Waals surface area contributed by atoms with Gasteiger partial charge in [0.15, 0.2) is 0 Å². The normalized spacial score (nSPS) is 12.6. The Kier molecular flexibility index (Phi) is 4.97. The molecule has 2 aromatic carbocycles. The second kappa shape index (κ2) is 7.17. The predicted octanol–water partition coefficient (Wildman–Crippen LogP) is 4.94. The van der Waals surface area contributed by atoms with E-state index in [9.17, 15) is 9.90 Å². The van der Waals surface area contributed by atoms with E-state index >= 15 is 0 Å². The highest BCUT2D eigenvalue weighted by molar-refractivity contribution is 7.18. The molecule has 1 unspecified atom stereocenters. The van der Waals surface area contributed by atoms with E-state index in [0.29, 0.717) is 16.3 Å². The lowest BCUT2D eigenvalue weighted by molar-refractivity contribution is 0.102. The molecule has 0 fully saturated rings. The number of nitrogens with one attached hydrogen (secondary N) is 1. The Hall–Kier alpha value is -2.50. The third-order valence-electron chi connectivity index (χ3n) is 3.87. The Bertz CT molecular complexity index is 957. The van der Waals surface area contributed by atoms with Gasteiger partial charge in [0.1, 0.15) is 11.1 Å². The molecule has 0 saturated heterocycles. The number of aliphatic hydroxyl groups is 1. The monoisotopic (exact) mass is 352 g/mol. The molecular weight excluding hydrogens is 332 g/mol. The van der Waals surface area contributed by atoms with E-state index < -0.39 is 6.10 Å². The molecule has 0 aliphatic carbocycles. The second-order valence-corrected chi connectivity index (χ2v) is 7.00. The minimum absolute atomic E-state index is 0.144. The Balaban J connectivity index is 1.84. The van der Waals surface area contributed by atoms with Crippen LogP contribution in [0.4, 0.5) is 5.69 Å². The van der Waals surface area contributed by atoms with Gasteiger partial charge in [-0.25, -0.2) is 4.98 Å². The van der Waals surface area contributed by atoms with Crippen LogP contribution in [-0.4, -0.2) is 16.0 Å². The molecule has 4 nitrogen and oxygen atoms in total. The number of amides is 1. The molecule has 0 aliphatic rings. The average molecular weight is 352 g/mol. The molecule has 0 saturated carbocycles. The average Bonchev–Trinajstić information content (AvgIpc) is 2.98. The summed E-state index contributed by atoms with van der Waals surface area (Å²) in [5.41, 5.74) is 4.12. The number of allylic oxidation sites excluding steroid dienone is 1. The van der Waals surface area contributed by atoms with Gasteiger partial charge in [-0.2, -0.15) is 0 Å². The second-order valence-electron chi connectivity index (χ2n) is 5.94. The molecule has 0 spiro atoms. The molecule has 1 aromatic heterocycles. The van der Waals surface area contributed by atoms with Gasteiger partial charge in [-0.15, -0.1) is 11.3 Å². The quantitative estimate of drug-likeness (QED) is 0.699. The van der Waals surface area contributed by atoms with Gasteiger partial charge in [0.25, 0.3) is 5.91 Å². The molecule has 1 atom stereocenters. The number of hydrogen-bond acceptors (Lipinski definition) is 4. The van der Waals surface area contributed by atoms with Gasteiger partial charge in [0.05, 0.1) is 10.2 Å². The first-order valence-electron chi connectivity index (χ1n) is 8.11. The van der Waals surface area contributed by atoms with Gasteiger partial charge in [-0.05, 0) is 56.2 Å². The van der Waals surface area contributed by atoms with Crippen molar-refractivity contribution in [1.29, 1.82) is 0 Å². The van der Waals surface area contributed by atoms with Gasteiger partial charge in [-0.3, -0.25) is 4.79 Å². The summed E-state index contributed by atoms with van der Waals surface area (Å²) in [7, 11) is 0. The molecule has 2 N–H and O–H groups in total. The van der Waals surface area contributed by atoms with E-state index in [1.165, 1.54) is 11.3 Å². The molecule has 0 aliphatic heterocycles. The van der Waals surface area contributed by atoms with Crippen LogP contribution in [0.15, 0.2) is 42.5 Å². The van der Waals surface area contributed by atoms with Crippen LogP contribution >= 0.6 is 11.3 Å². The maximum atomic E-state index is 12.6. The summed E-state index contributed by atoms with van der Waals surface area (Å²) < 4.78 is 0.987. The smallest absolute Gasteiger partial charge is 0.255 e. The van der Waals surface area contributed by atoms with Crippen LogP contribution in [0, 0.1) is 6.92 Å². The third kappa shape index (κ3) is 3.78. The van der Waals surface area contributed by atoms with Gasteiger partial charge in [0, 0.05) is 11.3 Å². The predicted molar refractivity (Wildman–Crippen MR) is 104 cm³/mol. The van der Waals surface area contributed by atoms with Gasteiger partial charge >= 0.3 is 0 Å². The van der Waals surface area contributed by atoms with E-state index in [0.717, 1.165) is 21.3 Å². The van der Waals surface area contributed by atoms with Gasteiger partial charge in [-0.1, -0.05) is 24.3 Å². The number of fused-ring (bicyclic) bond motifs is 1. The van der Waals surface area contributed by atoms with Crippen LogP contribution in [0.5, 0.6) is 0 Å². The van der Waals surface area contributed by atoms with E-state index in [-0.39, 0.29) is 5.91 Å². The van der Waals surface area contributed by atoms with Crippen LogP contribution < -0.4 is 5.32 Å². The fraction of sp³-hybridized carbons (Fsp3) is 0.200. The fourth-order valence-electron chi connectivity index (χ4n) is 2.64. The van der Waals surface area contributed by atoms with Crippen molar-refractivity contribution in [3.63, 3.8) is 0 Å². The van der Waals surface area contributed by atoms with Crippen molar-refractivity contribution in [1.82, 2.24) is 4.98 Å². The fourth-order valence-corrected chi connectivity index (χ4v) is 3.52. The molecular formula is C20H20N2O2S. The molecule has 25 heavy (non-hydrogen) atoms. The number of aromatic nitrogens is 1. The van der Waals surface area contributed by atoms with Crippen molar-refractivity contribution in [3.05, 3.63) is 64.2 Å². The molecule has 1 amide bonds. The van der Waals surface area contributed by atoms with Crippen LogP contribution in [0.3, 0.4) is 0 Å². The Morgan fingerprint density at radius 1 is 1.28 bits per heavy atom.